The standard InChI is InChI=1S/C57H36N4S/c1-3-16-37(17-4-1)39-32-34-40(35-33-39)55-58-56(42-21-13-20-41(36-42)38-18-5-2-6-19-38)60-57(59-55)47-26-15-31-52-54(47)53-46(25-14-30-51(53)62-52)45-24-9-12-29-50(45)61-48-27-10-7-22-43(48)44-23-8-11-28-49(44)61/h1-36H. The van der Waals surface area contributed by atoms with Gasteiger partial charge in [-0.2, -0.15) is 0 Å². The van der Waals surface area contributed by atoms with Crippen molar-refractivity contribution in [1.29, 1.82) is 0 Å². The Morgan fingerprint density at radius 2 is 0.758 bits per heavy atom. The molecule has 0 unspecified atom stereocenters. The zero-order valence-corrected chi connectivity index (χ0v) is 34.3. The van der Waals surface area contributed by atoms with Crippen LogP contribution < -0.4 is 0 Å². The maximum atomic E-state index is 5.34. The van der Waals surface area contributed by atoms with E-state index in [1.54, 1.807) is 0 Å². The average Bonchev–Trinajstić information content (AvgIpc) is 3.91. The number of hydrogen-bond acceptors (Lipinski definition) is 4. The minimum absolute atomic E-state index is 0.628. The van der Waals surface area contributed by atoms with E-state index in [1.807, 2.05) is 23.5 Å². The van der Waals surface area contributed by atoms with Gasteiger partial charge in [0.1, 0.15) is 0 Å². The molecule has 0 spiro atoms. The molecule has 290 valence electrons. The summed E-state index contributed by atoms with van der Waals surface area (Å²) in [4.78, 5) is 15.9. The molecule has 0 radical (unpaired) electrons. The van der Waals surface area contributed by atoms with Crippen LogP contribution in [-0.4, -0.2) is 19.5 Å². The predicted molar refractivity (Wildman–Crippen MR) is 260 cm³/mol. The molecule has 5 heteroatoms. The molecule has 0 saturated heterocycles. The molecule has 0 aliphatic heterocycles. The van der Waals surface area contributed by atoms with E-state index in [-0.39, 0.29) is 0 Å². The van der Waals surface area contributed by atoms with Gasteiger partial charge in [-0.15, -0.1) is 11.3 Å². The van der Waals surface area contributed by atoms with E-state index >= 15 is 0 Å². The van der Waals surface area contributed by atoms with Gasteiger partial charge < -0.3 is 4.57 Å². The van der Waals surface area contributed by atoms with Crippen molar-refractivity contribution in [2.24, 2.45) is 0 Å². The van der Waals surface area contributed by atoms with Gasteiger partial charge in [-0.1, -0.05) is 182 Å². The highest BCUT2D eigenvalue weighted by Gasteiger charge is 2.22. The predicted octanol–water partition coefficient (Wildman–Crippen LogP) is 15.3. The number of aromatic nitrogens is 4. The Bertz CT molecular complexity index is 3570. The highest BCUT2D eigenvalue weighted by Crippen LogP contribution is 2.46. The van der Waals surface area contributed by atoms with E-state index in [9.17, 15) is 0 Å². The fourth-order valence-corrected chi connectivity index (χ4v) is 10.2. The minimum atomic E-state index is 0.628. The lowest BCUT2D eigenvalue weighted by molar-refractivity contribution is 1.08. The second-order valence-electron chi connectivity index (χ2n) is 15.5. The van der Waals surface area contributed by atoms with E-state index < -0.39 is 0 Å². The van der Waals surface area contributed by atoms with Crippen LogP contribution in [0.15, 0.2) is 218 Å². The monoisotopic (exact) mass is 808 g/mol. The Morgan fingerprint density at radius 3 is 1.45 bits per heavy atom. The SMILES string of the molecule is c1ccc(-c2ccc(-c3nc(-c4cccc(-c5ccccc5)c4)nc(-c4cccc5sc6cccc(-c7ccccc7-n7c8ccccc8c8ccccc87)c6c45)n3)cc2)cc1. The Hall–Kier alpha value is -7.99. The number of nitrogens with zero attached hydrogens (tertiary/aromatic N) is 4. The van der Waals surface area contributed by atoms with E-state index in [0.717, 1.165) is 50.0 Å². The van der Waals surface area contributed by atoms with Gasteiger partial charge >= 0.3 is 0 Å². The quantitative estimate of drug-likeness (QED) is 0.161. The van der Waals surface area contributed by atoms with Crippen molar-refractivity contribution in [3.63, 3.8) is 0 Å². The first-order valence-electron chi connectivity index (χ1n) is 20.9. The summed E-state index contributed by atoms with van der Waals surface area (Å²) in [7, 11) is 0. The van der Waals surface area contributed by atoms with Gasteiger partial charge in [-0.05, 0) is 64.2 Å². The van der Waals surface area contributed by atoms with Crippen molar-refractivity contribution in [3.05, 3.63) is 218 Å². The second kappa shape index (κ2) is 14.9. The lowest BCUT2D eigenvalue weighted by atomic mass is 9.95. The van der Waals surface area contributed by atoms with Gasteiger partial charge in [0, 0.05) is 53.2 Å². The number of thiophene rings is 1. The minimum Gasteiger partial charge on any atom is -0.309 e. The Kier molecular flexibility index (Phi) is 8.65. The molecule has 0 atom stereocenters. The molecule has 0 fully saturated rings. The molecule has 0 saturated carbocycles. The van der Waals surface area contributed by atoms with Crippen LogP contribution in [0.1, 0.15) is 0 Å². The fourth-order valence-electron chi connectivity index (χ4n) is 9.02. The first-order chi connectivity index (χ1) is 30.7. The normalized spacial score (nSPS) is 11.5. The molecule has 4 nitrogen and oxygen atoms in total. The smallest absolute Gasteiger partial charge is 0.164 e. The van der Waals surface area contributed by atoms with Crippen LogP contribution in [0, 0.1) is 0 Å². The largest absolute Gasteiger partial charge is 0.309 e. The highest BCUT2D eigenvalue weighted by molar-refractivity contribution is 7.26. The third kappa shape index (κ3) is 6.09. The first-order valence-corrected chi connectivity index (χ1v) is 21.7. The zero-order chi connectivity index (χ0) is 41.0. The Balaban J connectivity index is 1.08. The molecule has 3 heterocycles. The summed E-state index contributed by atoms with van der Waals surface area (Å²) in [5.41, 5.74) is 13.2. The third-order valence-electron chi connectivity index (χ3n) is 11.9. The van der Waals surface area contributed by atoms with Gasteiger partial charge in [0.05, 0.1) is 16.7 Å². The third-order valence-corrected chi connectivity index (χ3v) is 13.0. The summed E-state index contributed by atoms with van der Waals surface area (Å²) in [6, 6.07) is 77.4. The summed E-state index contributed by atoms with van der Waals surface area (Å²) in [5.74, 6) is 1.89. The lowest BCUT2D eigenvalue weighted by Crippen LogP contribution is -2.01. The maximum absolute atomic E-state index is 5.34. The van der Waals surface area contributed by atoms with E-state index in [1.165, 1.54) is 47.7 Å². The van der Waals surface area contributed by atoms with Crippen molar-refractivity contribution >= 4 is 53.3 Å². The van der Waals surface area contributed by atoms with E-state index in [0.29, 0.717) is 17.5 Å². The van der Waals surface area contributed by atoms with Gasteiger partial charge in [0.25, 0.3) is 0 Å². The summed E-state index contributed by atoms with van der Waals surface area (Å²) < 4.78 is 4.82. The number of rotatable bonds is 7. The number of hydrogen-bond donors (Lipinski definition) is 0. The molecule has 0 bridgehead atoms. The van der Waals surface area contributed by atoms with Crippen LogP contribution in [0.3, 0.4) is 0 Å². The Labute approximate surface area is 362 Å². The van der Waals surface area contributed by atoms with Gasteiger partial charge in [0.2, 0.25) is 0 Å². The highest BCUT2D eigenvalue weighted by atomic mass is 32.1. The van der Waals surface area contributed by atoms with Crippen LogP contribution in [0.4, 0.5) is 0 Å². The van der Waals surface area contributed by atoms with Crippen LogP contribution in [0.5, 0.6) is 0 Å². The summed E-state index contributed by atoms with van der Waals surface area (Å²) in [6.07, 6.45) is 0. The fraction of sp³-hybridized carbons (Fsp3) is 0. The molecule has 0 aliphatic carbocycles. The average molecular weight is 809 g/mol. The van der Waals surface area contributed by atoms with Crippen molar-refractivity contribution in [2.45, 2.75) is 0 Å². The summed E-state index contributed by atoms with van der Waals surface area (Å²) >= 11 is 1.81. The molecular weight excluding hydrogens is 773 g/mol. The second-order valence-corrected chi connectivity index (χ2v) is 16.6. The number of benzene rings is 9. The van der Waals surface area contributed by atoms with Crippen LogP contribution in [0.25, 0.3) is 115 Å². The van der Waals surface area contributed by atoms with Crippen molar-refractivity contribution < 1.29 is 0 Å². The molecule has 12 rings (SSSR count). The lowest BCUT2D eigenvalue weighted by Gasteiger charge is -2.15. The van der Waals surface area contributed by atoms with E-state index in [4.69, 9.17) is 15.0 Å². The van der Waals surface area contributed by atoms with E-state index in [2.05, 4.69) is 211 Å². The topological polar surface area (TPSA) is 43.6 Å². The van der Waals surface area contributed by atoms with Gasteiger partial charge in [-0.3, -0.25) is 0 Å². The van der Waals surface area contributed by atoms with Crippen molar-refractivity contribution in [2.75, 3.05) is 0 Å². The molecular formula is C57H36N4S. The van der Waals surface area contributed by atoms with Crippen LogP contribution in [0.2, 0.25) is 0 Å². The molecule has 62 heavy (non-hydrogen) atoms. The Morgan fingerprint density at radius 1 is 0.306 bits per heavy atom. The molecule has 0 amide bonds. The number of fused-ring (bicyclic) bond motifs is 6. The zero-order valence-electron chi connectivity index (χ0n) is 33.5. The van der Waals surface area contributed by atoms with Crippen molar-refractivity contribution in [1.82, 2.24) is 19.5 Å². The maximum Gasteiger partial charge on any atom is 0.164 e. The van der Waals surface area contributed by atoms with Crippen LogP contribution >= 0.6 is 11.3 Å². The summed E-state index contributed by atoms with van der Waals surface area (Å²) in [5, 5.41) is 4.81. The molecule has 0 aliphatic rings. The first kappa shape index (κ1) is 35.9. The summed E-state index contributed by atoms with van der Waals surface area (Å²) in [6.45, 7) is 0. The molecule has 0 N–H and O–H groups in total. The van der Waals surface area contributed by atoms with Crippen LogP contribution in [-0.2, 0) is 0 Å². The molecule has 12 aromatic rings. The van der Waals surface area contributed by atoms with Gasteiger partial charge in [-0.25, -0.2) is 15.0 Å². The number of para-hydroxylation sites is 3. The molecule has 9 aromatic carbocycles. The van der Waals surface area contributed by atoms with Crippen molar-refractivity contribution in [3.8, 4) is 73.2 Å². The van der Waals surface area contributed by atoms with Gasteiger partial charge in [0.15, 0.2) is 17.5 Å². The molecule has 3 aromatic heterocycles.